The van der Waals surface area contributed by atoms with Gasteiger partial charge in [0.05, 0.1) is 0 Å². The minimum absolute atomic E-state index is 0. The van der Waals surface area contributed by atoms with E-state index in [2.05, 4.69) is 30.5 Å². The number of hydrogen-bond donors (Lipinski definition) is 4. The highest BCUT2D eigenvalue weighted by Gasteiger charge is 2.24. The van der Waals surface area contributed by atoms with Gasteiger partial charge in [-0.15, -0.1) is 24.8 Å². The molecule has 0 heterocycles. The average Bonchev–Trinajstić information content (AvgIpc) is 3.28. The van der Waals surface area contributed by atoms with Gasteiger partial charge >= 0.3 is 0 Å². The van der Waals surface area contributed by atoms with Crippen molar-refractivity contribution in [3.8, 4) is 11.5 Å². The first-order chi connectivity index (χ1) is 13.5. The molecule has 4 atom stereocenters. The maximum absolute atomic E-state index is 10.9. The van der Waals surface area contributed by atoms with Crippen molar-refractivity contribution in [1.82, 2.24) is 10.6 Å². The van der Waals surface area contributed by atoms with Crippen LogP contribution >= 0.6 is 24.8 Å². The molecule has 0 radical (unpaired) electrons. The van der Waals surface area contributed by atoms with Crippen molar-refractivity contribution >= 4 is 35.6 Å². The molecule has 4 rings (SSSR count). The van der Waals surface area contributed by atoms with Crippen molar-refractivity contribution < 1.29 is 10.2 Å². The fraction of sp³-hybridized carbons (Fsp3) is 0.583. The van der Waals surface area contributed by atoms with Crippen LogP contribution in [0.3, 0.4) is 0 Å². The lowest BCUT2D eigenvalue weighted by Gasteiger charge is -2.20. The lowest BCUT2D eigenvalue weighted by Crippen LogP contribution is -2.30. The van der Waals surface area contributed by atoms with Crippen molar-refractivity contribution in [2.24, 2.45) is 11.8 Å². The quantitative estimate of drug-likeness (QED) is 0.455. The fourth-order valence-corrected chi connectivity index (χ4v) is 5.19. The normalized spacial score (nSPS) is 25.8. The van der Waals surface area contributed by atoms with Crippen molar-refractivity contribution in [2.75, 3.05) is 0 Å². The lowest BCUT2D eigenvalue weighted by atomic mass is 9.98. The molecule has 0 bridgehead atoms. The van der Waals surface area contributed by atoms with Crippen LogP contribution in [0.1, 0.15) is 63.5 Å². The largest absolute Gasteiger partial charge is 0.508 e. The highest BCUT2D eigenvalue weighted by atomic mass is 35.5. The van der Waals surface area contributed by atoms with E-state index in [0.717, 1.165) is 21.9 Å². The average molecular weight is 455 g/mol. The van der Waals surface area contributed by atoms with Gasteiger partial charge < -0.3 is 20.8 Å². The van der Waals surface area contributed by atoms with Gasteiger partial charge in [0.1, 0.15) is 11.5 Å². The Balaban J connectivity index is 0.00000160. The second-order valence-corrected chi connectivity index (χ2v) is 9.02. The summed E-state index contributed by atoms with van der Waals surface area (Å²) in [6.07, 6.45) is 7.55. The van der Waals surface area contributed by atoms with Gasteiger partial charge in [-0.25, -0.2) is 0 Å². The van der Waals surface area contributed by atoms with Crippen LogP contribution in [0.4, 0.5) is 0 Å². The summed E-state index contributed by atoms with van der Waals surface area (Å²) in [5, 5.41) is 30.4. The van der Waals surface area contributed by atoms with Crippen LogP contribution in [0.2, 0.25) is 0 Å². The van der Waals surface area contributed by atoms with Crippen LogP contribution in [0.15, 0.2) is 24.3 Å². The maximum atomic E-state index is 10.9. The van der Waals surface area contributed by atoms with E-state index in [1.54, 1.807) is 6.07 Å². The van der Waals surface area contributed by atoms with Crippen LogP contribution in [0, 0.1) is 11.8 Å². The van der Waals surface area contributed by atoms with Crippen LogP contribution < -0.4 is 10.6 Å². The third-order valence-corrected chi connectivity index (χ3v) is 7.16. The summed E-state index contributed by atoms with van der Waals surface area (Å²) in [6, 6.07) is 8.67. The van der Waals surface area contributed by atoms with Gasteiger partial charge in [0, 0.05) is 41.7 Å². The molecule has 0 unspecified atom stereocenters. The standard InChI is InChI=1S/C24H34N2O2.2ClH/c1-15-5-3-7-21(15)25-13-17-9-10-18-19(24(17)28)11-12-23(27)20(18)14-26-22-8-4-6-16(22)2;;/h9-12,15-16,21-22,25-28H,3-8,13-14H2,1-2H3;2*1H/t15-,16-,21-,22-;;/m1../s1. The van der Waals surface area contributed by atoms with Gasteiger partial charge in [-0.1, -0.05) is 38.8 Å². The molecule has 2 aromatic carbocycles. The number of rotatable bonds is 6. The zero-order valence-corrected chi connectivity index (χ0v) is 19.6. The Bertz CT molecular complexity index is 846. The number of phenols is 2. The second-order valence-electron chi connectivity index (χ2n) is 9.02. The summed E-state index contributed by atoms with van der Waals surface area (Å²) in [7, 11) is 0. The number of nitrogens with one attached hydrogen (secondary N) is 2. The molecular weight excluding hydrogens is 419 g/mol. The third kappa shape index (κ3) is 5.16. The number of benzene rings is 2. The summed E-state index contributed by atoms with van der Waals surface area (Å²) >= 11 is 0. The Kier molecular flexibility index (Phi) is 9.11. The Morgan fingerprint density at radius 1 is 0.767 bits per heavy atom. The van der Waals surface area contributed by atoms with Gasteiger partial charge in [-0.2, -0.15) is 0 Å². The molecule has 2 aliphatic rings. The van der Waals surface area contributed by atoms with E-state index >= 15 is 0 Å². The van der Waals surface area contributed by atoms with Gasteiger partial charge in [-0.3, -0.25) is 0 Å². The summed E-state index contributed by atoms with van der Waals surface area (Å²) in [6.45, 7) is 5.92. The van der Waals surface area contributed by atoms with E-state index in [9.17, 15) is 10.2 Å². The van der Waals surface area contributed by atoms with Crippen molar-refractivity contribution in [1.29, 1.82) is 0 Å². The first-order valence-corrected chi connectivity index (χ1v) is 11.0. The molecule has 0 aliphatic heterocycles. The number of fused-ring (bicyclic) bond motifs is 1. The van der Waals surface area contributed by atoms with Crippen LogP contribution in [-0.4, -0.2) is 22.3 Å². The van der Waals surface area contributed by atoms with E-state index in [4.69, 9.17) is 0 Å². The Morgan fingerprint density at radius 3 is 1.90 bits per heavy atom. The monoisotopic (exact) mass is 454 g/mol. The SMILES string of the molecule is C[C@@H]1CCC[C@H]1NCc1ccc2c(CN[C@@H]3CCC[C@H]3C)c(O)ccc2c1O.Cl.Cl. The number of phenolic OH excluding ortho intramolecular Hbond substituents is 2. The molecule has 2 aliphatic carbocycles. The second kappa shape index (κ2) is 10.9. The molecule has 4 nitrogen and oxygen atoms in total. The molecule has 6 heteroatoms. The first kappa shape index (κ1) is 25.1. The predicted molar refractivity (Wildman–Crippen MR) is 129 cm³/mol. The number of hydrogen-bond acceptors (Lipinski definition) is 4. The molecule has 30 heavy (non-hydrogen) atoms. The summed E-state index contributed by atoms with van der Waals surface area (Å²) in [5.74, 6) is 2.03. The summed E-state index contributed by atoms with van der Waals surface area (Å²) in [5.41, 5.74) is 1.82. The third-order valence-electron chi connectivity index (χ3n) is 7.16. The number of halogens is 2. The molecule has 0 amide bonds. The molecule has 168 valence electrons. The smallest absolute Gasteiger partial charge is 0.127 e. The van der Waals surface area contributed by atoms with Crippen molar-refractivity contribution in [3.05, 3.63) is 35.4 Å². The van der Waals surface area contributed by atoms with E-state index < -0.39 is 0 Å². The highest BCUT2D eigenvalue weighted by molar-refractivity contribution is 5.93. The van der Waals surface area contributed by atoms with Crippen LogP contribution in [-0.2, 0) is 13.1 Å². The Morgan fingerprint density at radius 2 is 1.33 bits per heavy atom. The molecule has 0 saturated heterocycles. The van der Waals surface area contributed by atoms with E-state index in [1.807, 2.05) is 12.1 Å². The fourth-order valence-electron chi connectivity index (χ4n) is 5.19. The van der Waals surface area contributed by atoms with E-state index in [-0.39, 0.29) is 24.8 Å². The first-order valence-electron chi connectivity index (χ1n) is 11.0. The zero-order valence-electron chi connectivity index (χ0n) is 18.0. The Hall–Kier alpha value is -1.20. The van der Waals surface area contributed by atoms with Crippen LogP contribution in [0.5, 0.6) is 11.5 Å². The van der Waals surface area contributed by atoms with Gasteiger partial charge in [-0.05, 0) is 55.0 Å². The highest BCUT2D eigenvalue weighted by Crippen LogP contribution is 2.36. The molecule has 4 N–H and O–H groups in total. The minimum Gasteiger partial charge on any atom is -0.508 e. The van der Waals surface area contributed by atoms with Crippen molar-refractivity contribution in [3.63, 3.8) is 0 Å². The molecule has 0 aromatic heterocycles. The van der Waals surface area contributed by atoms with Crippen LogP contribution in [0.25, 0.3) is 10.8 Å². The molecule has 2 saturated carbocycles. The molecule has 2 fully saturated rings. The molecule has 0 spiro atoms. The van der Waals surface area contributed by atoms with E-state index in [1.165, 1.54) is 38.5 Å². The maximum Gasteiger partial charge on any atom is 0.127 e. The zero-order chi connectivity index (χ0) is 19.7. The van der Waals surface area contributed by atoms with Gasteiger partial charge in [0.2, 0.25) is 0 Å². The van der Waals surface area contributed by atoms with Gasteiger partial charge in [0.15, 0.2) is 0 Å². The Labute approximate surface area is 192 Å². The topological polar surface area (TPSA) is 64.5 Å². The van der Waals surface area contributed by atoms with E-state index in [0.29, 0.717) is 48.5 Å². The lowest BCUT2D eigenvalue weighted by molar-refractivity contribution is 0.415. The van der Waals surface area contributed by atoms with Gasteiger partial charge in [0.25, 0.3) is 0 Å². The predicted octanol–water partition coefficient (Wildman–Crippen LogP) is 5.65. The number of aromatic hydroxyl groups is 2. The molecule has 2 aromatic rings. The summed E-state index contributed by atoms with van der Waals surface area (Å²) in [4.78, 5) is 0. The van der Waals surface area contributed by atoms with Crippen molar-refractivity contribution in [2.45, 2.75) is 77.5 Å². The summed E-state index contributed by atoms with van der Waals surface area (Å²) < 4.78 is 0. The molecular formula is C24H36Cl2N2O2. The minimum atomic E-state index is 0.